The fraction of sp³-hybridized carbons (Fsp3) is 0.207. The van der Waals surface area contributed by atoms with Crippen molar-refractivity contribution < 1.29 is 52.3 Å². The molecule has 7 aromatic rings. The van der Waals surface area contributed by atoms with Crippen LogP contribution in [0.1, 0.15) is 97.3 Å². The van der Waals surface area contributed by atoms with Crippen LogP contribution in [0.15, 0.2) is 164 Å². The zero-order chi connectivity index (χ0) is 49.8. The summed E-state index contributed by atoms with van der Waals surface area (Å²) < 4.78 is 42.0. The Morgan fingerprint density at radius 3 is 1.15 bits per heavy atom. The molecule has 0 atom stereocenters. The maximum atomic E-state index is 14.6. The Bertz CT molecular complexity index is 2880. The van der Waals surface area contributed by atoms with Gasteiger partial charge in [-0.2, -0.15) is 0 Å². The van der Waals surface area contributed by atoms with Gasteiger partial charge in [-0.3, -0.25) is 9.59 Å². The van der Waals surface area contributed by atoms with Crippen molar-refractivity contribution in [3.05, 3.63) is 208 Å². The minimum Gasteiger partial charge on any atom is -0.493 e. The molecular weight excluding hydrogens is 901 g/mol. The number of esters is 2. The summed E-state index contributed by atoms with van der Waals surface area (Å²) >= 11 is 0. The van der Waals surface area contributed by atoms with Crippen molar-refractivity contribution in [2.75, 3.05) is 30.5 Å². The summed E-state index contributed by atoms with van der Waals surface area (Å²) in [5.74, 6) is -1.60. The molecule has 0 saturated heterocycles. The number of ether oxygens (including phenoxy) is 7. The number of benzene rings is 7. The lowest BCUT2D eigenvalue weighted by atomic mass is 10.1. The molecule has 0 heterocycles. The molecule has 13 nitrogen and oxygen atoms in total. The van der Waals surface area contributed by atoms with Gasteiger partial charge in [-0.05, 0) is 60.7 Å². The Labute approximate surface area is 413 Å². The van der Waals surface area contributed by atoms with E-state index in [1.165, 1.54) is 42.5 Å². The number of carbonyl (C=O) groups is 4. The van der Waals surface area contributed by atoms with Gasteiger partial charge < -0.3 is 43.8 Å². The van der Waals surface area contributed by atoms with Crippen LogP contribution in [0.5, 0.6) is 28.7 Å². The third-order valence-corrected chi connectivity index (χ3v) is 10.8. The highest BCUT2D eigenvalue weighted by molar-refractivity contribution is 6.10. The van der Waals surface area contributed by atoms with E-state index in [2.05, 4.69) is 10.6 Å². The van der Waals surface area contributed by atoms with Crippen LogP contribution in [-0.4, -0.2) is 43.6 Å². The van der Waals surface area contributed by atoms with Gasteiger partial charge >= 0.3 is 11.9 Å². The lowest BCUT2D eigenvalue weighted by Gasteiger charge is -2.19. The first kappa shape index (κ1) is 50.3. The quantitative estimate of drug-likeness (QED) is 0.0439. The number of rotatable bonds is 24. The summed E-state index contributed by atoms with van der Waals surface area (Å²) in [5.41, 5.74) is 4.13. The summed E-state index contributed by atoms with van der Waals surface area (Å²) in [6, 6.07) is 48.3. The van der Waals surface area contributed by atoms with Crippen LogP contribution >= 0.6 is 0 Å². The number of anilines is 2. The number of hydrogen-bond acceptors (Lipinski definition) is 11. The molecule has 2 amide bonds. The minimum atomic E-state index is -0.638. The van der Waals surface area contributed by atoms with E-state index < -0.39 is 23.8 Å². The monoisotopic (exact) mass is 956 g/mol. The molecule has 0 unspecified atom stereocenters. The Balaban J connectivity index is 1.26. The van der Waals surface area contributed by atoms with E-state index in [1.54, 1.807) is 13.8 Å². The predicted molar refractivity (Wildman–Crippen MR) is 271 cm³/mol. The van der Waals surface area contributed by atoms with Gasteiger partial charge in [-0.1, -0.05) is 135 Å². The van der Waals surface area contributed by atoms with Crippen molar-refractivity contribution in [2.45, 2.75) is 60.0 Å². The third kappa shape index (κ3) is 14.5. The van der Waals surface area contributed by atoms with Crippen LogP contribution in [0.4, 0.5) is 11.4 Å². The Kier molecular flexibility index (Phi) is 18.2. The lowest BCUT2D eigenvalue weighted by molar-refractivity contribution is 0.0511. The van der Waals surface area contributed by atoms with E-state index in [0.29, 0.717) is 6.61 Å². The number of carbonyl (C=O) groups excluding carboxylic acids is 4. The molecule has 13 heteroatoms. The average molecular weight is 957 g/mol. The second kappa shape index (κ2) is 25.7. The molecule has 7 aromatic carbocycles. The molecule has 0 aliphatic heterocycles. The van der Waals surface area contributed by atoms with Crippen LogP contribution in [0, 0.1) is 0 Å². The van der Waals surface area contributed by atoms with E-state index in [0.717, 1.165) is 35.1 Å². The van der Waals surface area contributed by atoms with Gasteiger partial charge in [0, 0.05) is 35.4 Å². The molecule has 0 spiro atoms. The summed E-state index contributed by atoms with van der Waals surface area (Å²) in [4.78, 5) is 56.0. The van der Waals surface area contributed by atoms with E-state index >= 15 is 0 Å². The third-order valence-electron chi connectivity index (χ3n) is 10.8. The zero-order valence-electron chi connectivity index (χ0n) is 39.9. The fourth-order valence-electron chi connectivity index (χ4n) is 7.14. The highest BCUT2D eigenvalue weighted by atomic mass is 16.5. The van der Waals surface area contributed by atoms with Gasteiger partial charge in [0.25, 0.3) is 11.8 Å². The molecule has 0 saturated carbocycles. The fourth-order valence-corrected chi connectivity index (χ4v) is 7.14. The molecule has 0 fully saturated rings. The minimum absolute atomic E-state index is 0.0535. The summed E-state index contributed by atoms with van der Waals surface area (Å²) in [5, 5.41) is 5.90. The van der Waals surface area contributed by atoms with Crippen molar-refractivity contribution in [2.24, 2.45) is 0 Å². The van der Waals surface area contributed by atoms with Crippen LogP contribution < -0.4 is 34.3 Å². The molecule has 7 rings (SSSR count). The first-order chi connectivity index (χ1) is 34.7. The molecule has 0 aliphatic rings. The Hall–Kier alpha value is -8.58. The Morgan fingerprint density at radius 2 is 0.775 bits per heavy atom. The summed E-state index contributed by atoms with van der Waals surface area (Å²) in [6.45, 7) is 6.46. The van der Waals surface area contributed by atoms with E-state index in [4.69, 9.17) is 33.2 Å². The lowest BCUT2D eigenvalue weighted by Crippen LogP contribution is -2.18. The SMILES string of the molecule is CCCCOc1cc(NC(=O)c2cc(OCc3ccccc3)cc(C(=O)Nc3cc(OCc4ccccc4)c(C(=O)OCC)cc3OCc3ccccc3)c2)c(OCc2ccccc2)cc1C(=O)OCC. The number of hydrogen-bond donors (Lipinski definition) is 2. The maximum Gasteiger partial charge on any atom is 0.342 e. The summed E-state index contributed by atoms with van der Waals surface area (Å²) in [6.07, 6.45) is 1.56. The van der Waals surface area contributed by atoms with Gasteiger partial charge in [0.1, 0.15) is 66.3 Å². The molecule has 0 radical (unpaired) electrons. The summed E-state index contributed by atoms with van der Waals surface area (Å²) in [7, 11) is 0. The molecular formula is C58H56N2O11. The van der Waals surface area contributed by atoms with Crippen molar-refractivity contribution in [1.29, 1.82) is 0 Å². The smallest absolute Gasteiger partial charge is 0.342 e. The molecule has 71 heavy (non-hydrogen) atoms. The van der Waals surface area contributed by atoms with Crippen LogP contribution in [-0.2, 0) is 35.9 Å². The second-order valence-corrected chi connectivity index (χ2v) is 16.1. The van der Waals surface area contributed by atoms with E-state index in [9.17, 15) is 19.2 Å². The molecule has 0 aromatic heterocycles. The molecule has 2 N–H and O–H groups in total. The van der Waals surface area contributed by atoms with Crippen molar-refractivity contribution in [3.63, 3.8) is 0 Å². The van der Waals surface area contributed by atoms with Crippen molar-refractivity contribution >= 4 is 35.1 Å². The predicted octanol–water partition coefficient (Wildman–Crippen LogP) is 12.0. The second-order valence-electron chi connectivity index (χ2n) is 16.1. The first-order valence-electron chi connectivity index (χ1n) is 23.5. The number of nitrogens with one attached hydrogen (secondary N) is 2. The standard InChI is InChI=1S/C58H56N2O11/c1-4-7-28-67-51-34-49(53(32-47(51)57(63)65-5-2)70-38-42-24-16-10-17-25-42)59-55(61)44-29-45(31-46(30-44)68-36-40-20-12-8-13-21-40)56(62)60-50-35-52(69-37-41-22-14-9-15-23-41)48(58(64)66-6-3)33-54(50)71-39-43-26-18-11-19-27-43/h8-27,29-35H,4-7,28,36-39H2,1-3H3,(H,59,61)(H,60,62). The largest absolute Gasteiger partial charge is 0.493 e. The van der Waals surface area contributed by atoms with Gasteiger partial charge in [0.15, 0.2) is 0 Å². The van der Waals surface area contributed by atoms with Crippen LogP contribution in [0.2, 0.25) is 0 Å². The molecule has 0 aliphatic carbocycles. The molecule has 364 valence electrons. The van der Waals surface area contributed by atoms with Crippen molar-refractivity contribution in [3.8, 4) is 28.7 Å². The Morgan fingerprint density at radius 1 is 0.408 bits per heavy atom. The van der Waals surface area contributed by atoms with Gasteiger partial charge in [0.2, 0.25) is 0 Å². The zero-order valence-corrected chi connectivity index (χ0v) is 39.9. The van der Waals surface area contributed by atoms with Crippen LogP contribution in [0.3, 0.4) is 0 Å². The number of unbranched alkanes of at least 4 members (excludes halogenated alkanes) is 1. The highest BCUT2D eigenvalue weighted by Crippen LogP contribution is 2.37. The first-order valence-corrected chi connectivity index (χ1v) is 23.5. The average Bonchev–Trinajstić information content (AvgIpc) is 3.40. The number of amides is 2. The molecule has 0 bridgehead atoms. The normalized spacial score (nSPS) is 10.6. The topological polar surface area (TPSA) is 157 Å². The van der Waals surface area contributed by atoms with E-state index in [-0.39, 0.29) is 102 Å². The van der Waals surface area contributed by atoms with Crippen molar-refractivity contribution in [1.82, 2.24) is 0 Å². The van der Waals surface area contributed by atoms with E-state index in [1.807, 2.05) is 128 Å². The van der Waals surface area contributed by atoms with Gasteiger partial charge in [-0.15, -0.1) is 0 Å². The van der Waals surface area contributed by atoms with Gasteiger partial charge in [-0.25, -0.2) is 9.59 Å². The van der Waals surface area contributed by atoms with Crippen LogP contribution in [0.25, 0.3) is 0 Å². The maximum absolute atomic E-state index is 14.6. The highest BCUT2D eigenvalue weighted by Gasteiger charge is 2.24. The van der Waals surface area contributed by atoms with Gasteiger partial charge in [0.05, 0.1) is 31.2 Å².